The summed E-state index contributed by atoms with van der Waals surface area (Å²) in [6, 6.07) is 7.50. The molecule has 0 aliphatic rings. The molecule has 2 aromatic rings. The number of amides is 1. The molecule has 0 unspecified atom stereocenters. The SMILES string of the molecule is Cc1ccc(NC(=O)CCn2cccn2)cc1C#CCN. The van der Waals surface area contributed by atoms with Crippen LogP contribution in [0.3, 0.4) is 0 Å². The zero-order valence-electron chi connectivity index (χ0n) is 12.0. The summed E-state index contributed by atoms with van der Waals surface area (Å²) in [5.41, 5.74) is 8.06. The first kappa shape index (κ1) is 14.8. The quantitative estimate of drug-likeness (QED) is 0.835. The van der Waals surface area contributed by atoms with E-state index >= 15 is 0 Å². The molecule has 2 rings (SSSR count). The molecule has 0 radical (unpaired) electrons. The van der Waals surface area contributed by atoms with Gasteiger partial charge in [-0.15, -0.1) is 0 Å². The second-order valence-corrected chi connectivity index (χ2v) is 4.60. The van der Waals surface area contributed by atoms with Crippen molar-refractivity contribution in [2.24, 2.45) is 5.73 Å². The summed E-state index contributed by atoms with van der Waals surface area (Å²) in [6.07, 6.45) is 3.90. The van der Waals surface area contributed by atoms with Gasteiger partial charge in [-0.2, -0.15) is 5.10 Å². The van der Waals surface area contributed by atoms with Gasteiger partial charge in [0.25, 0.3) is 0 Å². The molecule has 1 aromatic carbocycles. The normalized spacial score (nSPS) is 9.81. The fourth-order valence-electron chi connectivity index (χ4n) is 1.85. The Hall–Kier alpha value is -2.58. The molecule has 0 aliphatic carbocycles. The average Bonchev–Trinajstić information content (AvgIpc) is 2.99. The van der Waals surface area contributed by atoms with Crippen LogP contribution in [0.25, 0.3) is 0 Å². The van der Waals surface area contributed by atoms with Crippen molar-refractivity contribution >= 4 is 11.6 Å². The number of aromatic nitrogens is 2. The number of rotatable bonds is 4. The van der Waals surface area contributed by atoms with E-state index in [0.29, 0.717) is 19.5 Å². The zero-order valence-corrected chi connectivity index (χ0v) is 12.0. The predicted molar refractivity (Wildman–Crippen MR) is 82.6 cm³/mol. The van der Waals surface area contributed by atoms with E-state index in [2.05, 4.69) is 22.3 Å². The fraction of sp³-hybridized carbons (Fsp3) is 0.250. The minimum absolute atomic E-state index is 0.0490. The Balaban J connectivity index is 1.97. The van der Waals surface area contributed by atoms with Crippen molar-refractivity contribution in [1.82, 2.24) is 9.78 Å². The maximum absolute atomic E-state index is 11.9. The van der Waals surface area contributed by atoms with Gasteiger partial charge in [-0.1, -0.05) is 17.9 Å². The van der Waals surface area contributed by atoms with E-state index in [1.165, 1.54) is 0 Å². The monoisotopic (exact) mass is 282 g/mol. The number of aryl methyl sites for hydroxylation is 2. The smallest absolute Gasteiger partial charge is 0.226 e. The molecule has 3 N–H and O–H groups in total. The molecule has 0 spiro atoms. The number of nitrogens with zero attached hydrogens (tertiary/aromatic N) is 2. The van der Waals surface area contributed by atoms with Gasteiger partial charge < -0.3 is 11.1 Å². The van der Waals surface area contributed by atoms with E-state index in [9.17, 15) is 4.79 Å². The standard InChI is InChI=1S/C16H18N4O/c1-13-5-6-15(12-14(13)4-2-8-17)19-16(21)7-11-20-10-3-9-18-20/h3,5-6,9-10,12H,7-8,11,17H2,1H3,(H,19,21). The molecule has 5 nitrogen and oxygen atoms in total. The third-order valence-electron chi connectivity index (χ3n) is 2.97. The average molecular weight is 282 g/mol. The van der Waals surface area contributed by atoms with Crippen LogP contribution in [-0.4, -0.2) is 22.2 Å². The zero-order chi connectivity index (χ0) is 15.1. The maximum Gasteiger partial charge on any atom is 0.226 e. The number of carbonyl (C=O) groups is 1. The first-order valence-corrected chi connectivity index (χ1v) is 6.76. The van der Waals surface area contributed by atoms with Gasteiger partial charge >= 0.3 is 0 Å². The van der Waals surface area contributed by atoms with E-state index in [0.717, 1.165) is 16.8 Å². The van der Waals surface area contributed by atoms with Crippen LogP contribution in [0.1, 0.15) is 17.5 Å². The molecule has 0 atom stereocenters. The summed E-state index contributed by atoms with van der Waals surface area (Å²) in [7, 11) is 0. The van der Waals surface area contributed by atoms with Gasteiger partial charge in [0.15, 0.2) is 0 Å². The molecule has 1 aromatic heterocycles. The van der Waals surface area contributed by atoms with E-state index in [-0.39, 0.29) is 5.91 Å². The number of hydrogen-bond acceptors (Lipinski definition) is 3. The van der Waals surface area contributed by atoms with Crippen molar-refractivity contribution in [2.45, 2.75) is 19.9 Å². The van der Waals surface area contributed by atoms with Crippen molar-refractivity contribution in [3.05, 3.63) is 47.8 Å². The predicted octanol–water partition coefficient (Wildman–Crippen LogP) is 1.53. The van der Waals surface area contributed by atoms with Gasteiger partial charge in [0, 0.05) is 36.6 Å². The first-order chi connectivity index (χ1) is 10.2. The van der Waals surface area contributed by atoms with Crippen LogP contribution in [0, 0.1) is 18.8 Å². The van der Waals surface area contributed by atoms with Crippen LogP contribution in [0.15, 0.2) is 36.7 Å². The molecule has 5 heteroatoms. The Bertz CT molecular complexity index is 665. The van der Waals surface area contributed by atoms with Crippen molar-refractivity contribution in [3.63, 3.8) is 0 Å². The number of nitrogens with one attached hydrogen (secondary N) is 1. The lowest BCUT2D eigenvalue weighted by molar-refractivity contribution is -0.116. The first-order valence-electron chi connectivity index (χ1n) is 6.76. The third-order valence-corrected chi connectivity index (χ3v) is 2.97. The minimum atomic E-state index is -0.0490. The second-order valence-electron chi connectivity index (χ2n) is 4.60. The highest BCUT2D eigenvalue weighted by atomic mass is 16.1. The van der Waals surface area contributed by atoms with Gasteiger partial charge in [0.05, 0.1) is 6.54 Å². The molecule has 0 saturated carbocycles. The summed E-state index contributed by atoms with van der Waals surface area (Å²) in [4.78, 5) is 11.9. The van der Waals surface area contributed by atoms with Crippen molar-refractivity contribution in [2.75, 3.05) is 11.9 Å². The highest BCUT2D eigenvalue weighted by Gasteiger charge is 2.04. The molecule has 0 fully saturated rings. The van der Waals surface area contributed by atoms with Crippen LogP contribution in [-0.2, 0) is 11.3 Å². The molecule has 21 heavy (non-hydrogen) atoms. The third kappa shape index (κ3) is 4.48. The summed E-state index contributed by atoms with van der Waals surface area (Å²) in [6.45, 7) is 2.86. The molecular weight excluding hydrogens is 264 g/mol. The molecule has 0 aliphatic heterocycles. The van der Waals surface area contributed by atoms with Crippen LogP contribution >= 0.6 is 0 Å². The lowest BCUT2D eigenvalue weighted by atomic mass is 10.1. The Kier molecular flexibility index (Phi) is 5.13. The van der Waals surface area contributed by atoms with Crippen LogP contribution < -0.4 is 11.1 Å². The number of carbonyl (C=O) groups excluding carboxylic acids is 1. The molecule has 108 valence electrons. The van der Waals surface area contributed by atoms with Gasteiger partial charge in [0.1, 0.15) is 0 Å². The molecule has 0 saturated heterocycles. The Morgan fingerprint density at radius 2 is 2.33 bits per heavy atom. The van der Waals surface area contributed by atoms with Gasteiger partial charge in [-0.3, -0.25) is 9.48 Å². The van der Waals surface area contributed by atoms with Crippen molar-refractivity contribution < 1.29 is 4.79 Å². The highest BCUT2D eigenvalue weighted by molar-refractivity contribution is 5.90. The number of nitrogens with two attached hydrogens (primary N) is 1. The fourth-order valence-corrected chi connectivity index (χ4v) is 1.85. The van der Waals surface area contributed by atoms with Crippen molar-refractivity contribution in [1.29, 1.82) is 0 Å². The van der Waals surface area contributed by atoms with Crippen molar-refractivity contribution in [3.8, 4) is 11.8 Å². The van der Waals surface area contributed by atoms with Gasteiger partial charge in [-0.05, 0) is 30.7 Å². The summed E-state index contributed by atoms with van der Waals surface area (Å²) < 4.78 is 1.73. The van der Waals surface area contributed by atoms with E-state index in [1.807, 2.05) is 37.4 Å². The Morgan fingerprint density at radius 3 is 3.05 bits per heavy atom. The Morgan fingerprint density at radius 1 is 1.48 bits per heavy atom. The van der Waals surface area contributed by atoms with E-state index < -0.39 is 0 Å². The molecule has 1 heterocycles. The molecule has 1 amide bonds. The largest absolute Gasteiger partial charge is 0.326 e. The van der Waals surface area contributed by atoms with Gasteiger partial charge in [0.2, 0.25) is 5.91 Å². The second kappa shape index (κ2) is 7.27. The summed E-state index contributed by atoms with van der Waals surface area (Å²) >= 11 is 0. The van der Waals surface area contributed by atoms with E-state index in [1.54, 1.807) is 10.9 Å². The lowest BCUT2D eigenvalue weighted by Gasteiger charge is -2.07. The summed E-state index contributed by atoms with van der Waals surface area (Å²) in [5, 5.41) is 6.93. The summed E-state index contributed by atoms with van der Waals surface area (Å²) in [5.74, 6) is 5.77. The molecular formula is C16H18N4O. The maximum atomic E-state index is 11.9. The van der Waals surface area contributed by atoms with Crippen LogP contribution in [0.4, 0.5) is 5.69 Å². The van der Waals surface area contributed by atoms with Crippen LogP contribution in [0.2, 0.25) is 0 Å². The Labute approximate surface area is 124 Å². The minimum Gasteiger partial charge on any atom is -0.326 e. The van der Waals surface area contributed by atoms with Crippen LogP contribution in [0.5, 0.6) is 0 Å². The number of hydrogen-bond donors (Lipinski definition) is 2. The van der Waals surface area contributed by atoms with E-state index in [4.69, 9.17) is 5.73 Å². The topological polar surface area (TPSA) is 72.9 Å². The van der Waals surface area contributed by atoms with Gasteiger partial charge in [-0.25, -0.2) is 0 Å². The number of benzene rings is 1. The highest BCUT2D eigenvalue weighted by Crippen LogP contribution is 2.14. The number of anilines is 1. The lowest BCUT2D eigenvalue weighted by Crippen LogP contribution is -2.14. The molecule has 0 bridgehead atoms.